The van der Waals surface area contributed by atoms with Gasteiger partial charge in [-0.1, -0.05) is 29.8 Å². The fourth-order valence-corrected chi connectivity index (χ4v) is 3.69. The number of halogens is 1. The lowest BCUT2D eigenvalue weighted by molar-refractivity contribution is -0.132. The number of fused-ring (bicyclic) bond motifs is 1. The zero-order chi connectivity index (χ0) is 19.5. The molecule has 0 radical (unpaired) electrons. The minimum absolute atomic E-state index is 0.103. The van der Waals surface area contributed by atoms with Gasteiger partial charge in [-0.3, -0.25) is 4.79 Å². The number of ether oxygens (including phenoxy) is 1. The average Bonchev–Trinajstić information content (AvgIpc) is 3.20. The van der Waals surface area contributed by atoms with Gasteiger partial charge in [0, 0.05) is 31.5 Å². The zero-order valence-corrected chi connectivity index (χ0v) is 16.4. The summed E-state index contributed by atoms with van der Waals surface area (Å²) in [4.78, 5) is 18.9. The summed E-state index contributed by atoms with van der Waals surface area (Å²) < 4.78 is 11.1. The van der Waals surface area contributed by atoms with Crippen LogP contribution in [0.25, 0.3) is 11.3 Å². The van der Waals surface area contributed by atoms with Gasteiger partial charge in [-0.05, 0) is 41.8 Å². The molecular formula is C22H21ClN2O3. The number of hydrogen-bond acceptors (Lipinski definition) is 4. The van der Waals surface area contributed by atoms with Crippen LogP contribution < -0.4 is 4.74 Å². The highest BCUT2D eigenvalue weighted by Gasteiger charge is 2.21. The average molecular weight is 397 g/mol. The maximum absolute atomic E-state index is 12.7. The Kier molecular flexibility index (Phi) is 5.35. The molecule has 3 aromatic rings. The molecule has 2 aromatic carbocycles. The first-order valence-electron chi connectivity index (χ1n) is 9.27. The van der Waals surface area contributed by atoms with Crippen molar-refractivity contribution in [3.63, 3.8) is 0 Å². The first-order valence-corrected chi connectivity index (χ1v) is 9.65. The fraction of sp³-hybridized carbons (Fsp3) is 0.273. The Morgan fingerprint density at radius 3 is 2.93 bits per heavy atom. The molecule has 0 atom stereocenters. The van der Waals surface area contributed by atoms with Gasteiger partial charge in [0.2, 0.25) is 5.91 Å². The van der Waals surface area contributed by atoms with Crippen LogP contribution in [0.5, 0.6) is 5.75 Å². The predicted molar refractivity (Wildman–Crippen MR) is 107 cm³/mol. The van der Waals surface area contributed by atoms with Crippen LogP contribution in [0.2, 0.25) is 5.02 Å². The predicted octanol–water partition coefficient (Wildman–Crippen LogP) is 4.52. The number of methoxy groups -OCH3 is 1. The molecular weight excluding hydrogens is 376 g/mol. The first kappa shape index (κ1) is 18.6. The second-order valence-electron chi connectivity index (χ2n) is 6.80. The van der Waals surface area contributed by atoms with Crippen molar-refractivity contribution < 1.29 is 13.9 Å². The minimum Gasteiger partial charge on any atom is -0.497 e. The molecule has 0 saturated heterocycles. The van der Waals surface area contributed by atoms with E-state index in [9.17, 15) is 4.79 Å². The summed E-state index contributed by atoms with van der Waals surface area (Å²) in [6.07, 6.45) is 3.34. The quantitative estimate of drug-likeness (QED) is 0.636. The lowest BCUT2D eigenvalue weighted by Crippen LogP contribution is -2.36. The third kappa shape index (κ3) is 3.90. The maximum atomic E-state index is 12.7. The van der Waals surface area contributed by atoms with Gasteiger partial charge in [-0.2, -0.15) is 0 Å². The molecule has 0 bridgehead atoms. The smallest absolute Gasteiger partial charge is 0.223 e. The van der Waals surface area contributed by atoms with E-state index in [2.05, 4.69) is 11.1 Å². The van der Waals surface area contributed by atoms with Gasteiger partial charge in [0.15, 0.2) is 11.7 Å². The van der Waals surface area contributed by atoms with Crippen LogP contribution in [0.15, 0.2) is 53.1 Å². The van der Waals surface area contributed by atoms with Crippen molar-refractivity contribution in [3.05, 3.63) is 70.7 Å². The molecule has 0 fully saturated rings. The molecule has 4 rings (SSSR count). The van der Waals surface area contributed by atoms with Gasteiger partial charge < -0.3 is 14.1 Å². The van der Waals surface area contributed by atoms with E-state index in [4.69, 9.17) is 20.8 Å². The Morgan fingerprint density at radius 1 is 1.25 bits per heavy atom. The molecule has 0 aliphatic carbocycles. The number of aromatic nitrogens is 1. The minimum atomic E-state index is 0.103. The molecule has 28 heavy (non-hydrogen) atoms. The zero-order valence-electron chi connectivity index (χ0n) is 15.7. The van der Waals surface area contributed by atoms with Crippen LogP contribution in [0.3, 0.4) is 0 Å². The van der Waals surface area contributed by atoms with Crippen molar-refractivity contribution in [1.29, 1.82) is 0 Å². The van der Waals surface area contributed by atoms with Gasteiger partial charge in [-0.15, -0.1) is 0 Å². The van der Waals surface area contributed by atoms with E-state index >= 15 is 0 Å². The van der Waals surface area contributed by atoms with E-state index in [-0.39, 0.29) is 5.91 Å². The number of amides is 1. The van der Waals surface area contributed by atoms with Crippen molar-refractivity contribution in [3.8, 4) is 17.1 Å². The largest absolute Gasteiger partial charge is 0.497 e. The summed E-state index contributed by atoms with van der Waals surface area (Å²) in [6.45, 7) is 1.34. The second kappa shape index (κ2) is 8.07. The van der Waals surface area contributed by atoms with E-state index in [1.807, 2.05) is 41.3 Å². The molecule has 0 N–H and O–H groups in total. The molecule has 1 aromatic heterocycles. The number of benzene rings is 2. The second-order valence-corrected chi connectivity index (χ2v) is 7.21. The summed E-state index contributed by atoms with van der Waals surface area (Å²) in [7, 11) is 1.65. The lowest BCUT2D eigenvalue weighted by Gasteiger charge is -2.29. The van der Waals surface area contributed by atoms with Crippen molar-refractivity contribution in [2.75, 3.05) is 13.7 Å². The van der Waals surface area contributed by atoms with E-state index in [0.29, 0.717) is 36.1 Å². The standard InChI is InChI=1S/C22H21ClN2O3/c1-27-17-7-6-15-10-11-25(14-16(15)12-17)22(26)9-8-21-24-13-20(28-21)18-4-2-3-5-19(18)23/h2-7,12-13H,8-11,14H2,1H3. The maximum Gasteiger partial charge on any atom is 0.223 e. The number of nitrogens with zero attached hydrogens (tertiary/aromatic N) is 2. The highest BCUT2D eigenvalue weighted by molar-refractivity contribution is 6.33. The third-order valence-corrected chi connectivity index (χ3v) is 5.35. The van der Waals surface area contributed by atoms with Crippen LogP contribution >= 0.6 is 11.6 Å². The summed E-state index contributed by atoms with van der Waals surface area (Å²) >= 11 is 6.20. The molecule has 0 unspecified atom stereocenters. The fourth-order valence-electron chi connectivity index (χ4n) is 3.46. The Bertz CT molecular complexity index is 999. The monoisotopic (exact) mass is 396 g/mol. The van der Waals surface area contributed by atoms with Crippen LogP contribution in [0.1, 0.15) is 23.4 Å². The van der Waals surface area contributed by atoms with E-state index < -0.39 is 0 Å². The summed E-state index contributed by atoms with van der Waals surface area (Å²) in [6, 6.07) is 13.5. The van der Waals surface area contributed by atoms with Crippen LogP contribution in [-0.2, 0) is 24.2 Å². The van der Waals surface area contributed by atoms with Gasteiger partial charge in [0.05, 0.1) is 18.3 Å². The van der Waals surface area contributed by atoms with Crippen LogP contribution in [0.4, 0.5) is 0 Å². The van der Waals surface area contributed by atoms with Crippen molar-refractivity contribution in [1.82, 2.24) is 9.88 Å². The van der Waals surface area contributed by atoms with Crippen molar-refractivity contribution in [2.24, 2.45) is 0 Å². The van der Waals surface area contributed by atoms with E-state index in [0.717, 1.165) is 29.8 Å². The Morgan fingerprint density at radius 2 is 2.11 bits per heavy atom. The molecule has 2 heterocycles. The summed E-state index contributed by atoms with van der Waals surface area (Å²) in [5, 5.41) is 0.615. The number of hydrogen-bond donors (Lipinski definition) is 0. The van der Waals surface area contributed by atoms with E-state index in [1.165, 1.54) is 5.56 Å². The summed E-state index contributed by atoms with van der Waals surface area (Å²) in [5.74, 6) is 2.08. The molecule has 0 saturated carbocycles. The Hall–Kier alpha value is -2.79. The van der Waals surface area contributed by atoms with Gasteiger partial charge in [0.25, 0.3) is 0 Å². The lowest BCUT2D eigenvalue weighted by atomic mass is 9.99. The molecule has 0 spiro atoms. The van der Waals surface area contributed by atoms with Gasteiger partial charge in [-0.25, -0.2) is 4.98 Å². The molecule has 5 nitrogen and oxygen atoms in total. The topological polar surface area (TPSA) is 55.6 Å². The normalized spacial score (nSPS) is 13.3. The van der Waals surface area contributed by atoms with Crippen molar-refractivity contribution >= 4 is 17.5 Å². The summed E-state index contributed by atoms with van der Waals surface area (Å²) in [5.41, 5.74) is 3.23. The third-order valence-electron chi connectivity index (χ3n) is 5.02. The highest BCUT2D eigenvalue weighted by atomic mass is 35.5. The highest BCUT2D eigenvalue weighted by Crippen LogP contribution is 2.28. The molecule has 144 valence electrons. The first-order chi connectivity index (χ1) is 13.6. The molecule has 1 amide bonds. The number of aryl methyl sites for hydroxylation is 1. The number of carbonyl (C=O) groups excluding carboxylic acids is 1. The molecule has 6 heteroatoms. The van der Waals surface area contributed by atoms with Gasteiger partial charge in [0.1, 0.15) is 5.75 Å². The SMILES string of the molecule is COc1ccc2c(c1)CN(C(=O)CCc1ncc(-c3ccccc3Cl)o1)CC2. The van der Waals surface area contributed by atoms with Crippen LogP contribution in [0, 0.1) is 0 Å². The number of oxazole rings is 1. The Balaban J connectivity index is 1.38. The molecule has 1 aliphatic rings. The molecule has 1 aliphatic heterocycles. The van der Waals surface area contributed by atoms with Crippen molar-refractivity contribution in [2.45, 2.75) is 25.8 Å². The van der Waals surface area contributed by atoms with Gasteiger partial charge >= 0.3 is 0 Å². The number of carbonyl (C=O) groups is 1. The van der Waals surface area contributed by atoms with Crippen LogP contribution in [-0.4, -0.2) is 29.4 Å². The Labute approximate surface area is 168 Å². The number of rotatable bonds is 5. The van der Waals surface area contributed by atoms with E-state index in [1.54, 1.807) is 13.3 Å².